The minimum absolute atomic E-state index is 0.0312. The van der Waals surface area contributed by atoms with Crippen LogP contribution in [0.15, 0.2) is 36.4 Å². The molecule has 0 saturated heterocycles. The first-order valence-corrected chi connectivity index (χ1v) is 15.6. The van der Waals surface area contributed by atoms with Crippen molar-refractivity contribution in [3.63, 3.8) is 0 Å². The van der Waals surface area contributed by atoms with Crippen molar-refractivity contribution in [2.75, 3.05) is 25.6 Å². The monoisotopic (exact) mass is 639 g/mol. The lowest BCUT2D eigenvalue weighted by atomic mass is 10.0. The van der Waals surface area contributed by atoms with E-state index in [1.807, 2.05) is 25.1 Å². The summed E-state index contributed by atoms with van der Waals surface area (Å²) in [6.07, 6.45) is -0.144. The quantitative estimate of drug-likeness (QED) is 0.225. The first-order valence-electron chi connectivity index (χ1n) is 15.6. The maximum absolute atomic E-state index is 14.1. The van der Waals surface area contributed by atoms with Crippen molar-refractivity contribution in [2.45, 2.75) is 91.5 Å². The molecule has 12 heteroatoms. The van der Waals surface area contributed by atoms with Crippen molar-refractivity contribution in [3.05, 3.63) is 53.1 Å². The van der Waals surface area contributed by atoms with E-state index < -0.39 is 29.5 Å². The van der Waals surface area contributed by atoms with Gasteiger partial charge in [-0.1, -0.05) is 18.2 Å². The van der Waals surface area contributed by atoms with Crippen LogP contribution in [-0.4, -0.2) is 65.5 Å². The highest BCUT2D eigenvalue weighted by atomic mass is 16.8. The van der Waals surface area contributed by atoms with Crippen LogP contribution in [-0.2, 0) is 25.7 Å². The van der Waals surface area contributed by atoms with Gasteiger partial charge in [0.05, 0.1) is 37.6 Å². The van der Waals surface area contributed by atoms with Gasteiger partial charge in [0.25, 0.3) is 5.91 Å². The second-order valence-electron chi connectivity index (χ2n) is 13.3. The third kappa shape index (κ3) is 8.82. The van der Waals surface area contributed by atoms with E-state index in [0.717, 1.165) is 23.5 Å². The summed E-state index contributed by atoms with van der Waals surface area (Å²) in [6, 6.07) is 10.2. The molecule has 4 rings (SSSR count). The molecule has 1 heterocycles. The summed E-state index contributed by atoms with van der Waals surface area (Å²) in [7, 11) is 1.54. The zero-order valence-corrected chi connectivity index (χ0v) is 27.9. The van der Waals surface area contributed by atoms with Crippen LogP contribution in [0.25, 0.3) is 0 Å². The van der Waals surface area contributed by atoms with Crippen molar-refractivity contribution in [3.8, 4) is 11.5 Å². The Morgan fingerprint density at radius 1 is 1.00 bits per heavy atom. The molecule has 2 aliphatic rings. The summed E-state index contributed by atoms with van der Waals surface area (Å²) >= 11 is 0. The Balaban J connectivity index is 1.68. The molecule has 0 radical (unpaired) electrons. The van der Waals surface area contributed by atoms with E-state index in [0.29, 0.717) is 34.9 Å². The van der Waals surface area contributed by atoms with Gasteiger partial charge < -0.3 is 34.0 Å². The van der Waals surface area contributed by atoms with E-state index in [1.54, 1.807) is 71.8 Å². The van der Waals surface area contributed by atoms with Gasteiger partial charge >= 0.3 is 12.2 Å². The van der Waals surface area contributed by atoms with Crippen molar-refractivity contribution in [1.29, 1.82) is 0 Å². The summed E-state index contributed by atoms with van der Waals surface area (Å²) in [5, 5.41) is 3.75. The number of nitrogens with one attached hydrogen (secondary N) is 1. The predicted molar refractivity (Wildman–Crippen MR) is 169 cm³/mol. The van der Waals surface area contributed by atoms with Gasteiger partial charge in [0.15, 0.2) is 11.5 Å². The van der Waals surface area contributed by atoms with Crippen LogP contribution < -0.4 is 14.8 Å². The van der Waals surface area contributed by atoms with Gasteiger partial charge in [0, 0.05) is 12.5 Å². The fraction of sp³-hybridized carbons (Fsp3) is 0.529. The first kappa shape index (κ1) is 34.4. The highest BCUT2D eigenvalue weighted by molar-refractivity contribution is 6.07. The summed E-state index contributed by atoms with van der Waals surface area (Å²) < 4.78 is 22.1. The van der Waals surface area contributed by atoms with Gasteiger partial charge in [-0.15, -0.1) is 5.06 Å². The maximum Gasteiger partial charge on any atom is 0.534 e. The minimum atomic E-state index is -1.07. The Morgan fingerprint density at radius 3 is 2.30 bits per heavy atom. The number of carbonyl (C=O) groups is 4. The van der Waals surface area contributed by atoms with E-state index in [4.69, 9.17) is 23.8 Å². The number of fused-ring (bicyclic) bond motifs is 1. The van der Waals surface area contributed by atoms with Crippen LogP contribution in [0.2, 0.25) is 0 Å². The standard InChI is InChI=1S/C34H45N3O9/c1-9-43-27-19-22(15-16-26(27)42-8)25(17-18-37(31(40)44-33(2,3)4)46-32(41)45-34(5,6)7)36-20-23-11-10-12-24(28(23)30(36)39)35-29(38)21-13-14-21/h10-12,15-16,19,21,25H,9,13-14,17-18,20H2,1-8H3,(H,35,38). The number of ether oxygens (including phenoxy) is 4. The van der Waals surface area contributed by atoms with Crippen LogP contribution in [0, 0.1) is 5.92 Å². The molecule has 0 bridgehead atoms. The third-order valence-electron chi connectivity index (χ3n) is 7.20. The zero-order valence-electron chi connectivity index (χ0n) is 27.9. The predicted octanol–water partition coefficient (Wildman–Crippen LogP) is 6.63. The number of carbonyl (C=O) groups excluding carboxylic acids is 4. The molecule has 250 valence electrons. The van der Waals surface area contributed by atoms with Crippen molar-refractivity contribution in [2.24, 2.45) is 5.92 Å². The van der Waals surface area contributed by atoms with E-state index >= 15 is 0 Å². The number of hydrogen-bond acceptors (Lipinski definition) is 9. The number of hydrogen-bond donors (Lipinski definition) is 1. The molecule has 2 aromatic rings. The molecule has 12 nitrogen and oxygen atoms in total. The molecule has 1 saturated carbocycles. The molecule has 1 N–H and O–H groups in total. The number of benzene rings is 2. The maximum atomic E-state index is 14.1. The van der Waals surface area contributed by atoms with Crippen molar-refractivity contribution < 1.29 is 43.0 Å². The fourth-order valence-corrected chi connectivity index (χ4v) is 5.08. The SMILES string of the molecule is CCOc1cc(C(CCN(OC(=O)OC(C)(C)C)C(=O)OC(C)(C)C)N2Cc3cccc(NC(=O)C4CC4)c3C2=O)ccc1OC. The number of amides is 3. The molecule has 2 aromatic carbocycles. The number of hydroxylamine groups is 2. The third-order valence-corrected chi connectivity index (χ3v) is 7.20. The average molecular weight is 640 g/mol. The molecule has 3 amide bonds. The van der Waals surface area contributed by atoms with Gasteiger partial charge in [-0.25, -0.2) is 9.59 Å². The fourth-order valence-electron chi connectivity index (χ4n) is 5.08. The largest absolute Gasteiger partial charge is 0.534 e. The van der Waals surface area contributed by atoms with E-state index in [2.05, 4.69) is 5.32 Å². The molecule has 0 aromatic heterocycles. The molecular weight excluding hydrogens is 594 g/mol. The lowest BCUT2D eigenvalue weighted by molar-refractivity contribution is -0.137. The molecule has 1 atom stereocenters. The molecule has 0 spiro atoms. The van der Waals surface area contributed by atoms with Gasteiger partial charge in [-0.05, 0) is 97.1 Å². The smallest absolute Gasteiger partial charge is 0.493 e. The number of methoxy groups -OCH3 is 1. The second-order valence-corrected chi connectivity index (χ2v) is 13.3. The minimum Gasteiger partial charge on any atom is -0.493 e. The van der Waals surface area contributed by atoms with Gasteiger partial charge in [-0.2, -0.15) is 0 Å². The Morgan fingerprint density at radius 2 is 1.70 bits per heavy atom. The second kappa shape index (κ2) is 13.9. The van der Waals surface area contributed by atoms with Crippen LogP contribution in [0.1, 0.15) is 95.3 Å². The number of anilines is 1. The number of rotatable bonds is 10. The Bertz CT molecular complexity index is 1460. The molecule has 1 aliphatic heterocycles. The Labute approximate surface area is 270 Å². The van der Waals surface area contributed by atoms with Crippen LogP contribution in [0.4, 0.5) is 15.3 Å². The van der Waals surface area contributed by atoms with Gasteiger partial charge in [0.1, 0.15) is 11.2 Å². The van der Waals surface area contributed by atoms with Gasteiger partial charge in [0.2, 0.25) is 5.91 Å². The van der Waals surface area contributed by atoms with E-state index in [9.17, 15) is 19.2 Å². The molecule has 1 aliphatic carbocycles. The van der Waals surface area contributed by atoms with E-state index in [1.165, 1.54) is 0 Å². The first-order chi connectivity index (χ1) is 21.6. The molecule has 46 heavy (non-hydrogen) atoms. The Kier molecular flexibility index (Phi) is 10.4. The van der Waals surface area contributed by atoms with Crippen LogP contribution >= 0.6 is 0 Å². The van der Waals surface area contributed by atoms with E-state index in [-0.39, 0.29) is 37.2 Å². The van der Waals surface area contributed by atoms with Crippen molar-refractivity contribution >= 4 is 29.8 Å². The van der Waals surface area contributed by atoms with Crippen LogP contribution in [0.3, 0.4) is 0 Å². The molecular formula is C34H45N3O9. The normalized spacial score (nSPS) is 15.0. The van der Waals surface area contributed by atoms with Gasteiger partial charge in [-0.3, -0.25) is 9.59 Å². The van der Waals surface area contributed by atoms with Crippen LogP contribution in [0.5, 0.6) is 11.5 Å². The summed E-state index contributed by atoms with van der Waals surface area (Å²) in [6.45, 7) is 12.5. The summed E-state index contributed by atoms with van der Waals surface area (Å²) in [5.41, 5.74) is 0.621. The van der Waals surface area contributed by atoms with Crippen molar-refractivity contribution in [1.82, 2.24) is 9.96 Å². The lowest BCUT2D eigenvalue weighted by Crippen LogP contribution is -2.41. The zero-order chi connectivity index (χ0) is 33.8. The number of nitrogens with zero attached hydrogens (tertiary/aromatic N) is 2. The average Bonchev–Trinajstić information content (AvgIpc) is 3.75. The summed E-state index contributed by atoms with van der Waals surface area (Å²) in [4.78, 5) is 59.7. The Hall–Kier alpha value is -4.48. The molecule has 1 fully saturated rings. The lowest BCUT2D eigenvalue weighted by Gasteiger charge is -2.32. The summed E-state index contributed by atoms with van der Waals surface area (Å²) in [5.74, 6) is 0.603. The topological polar surface area (TPSA) is 133 Å². The highest BCUT2D eigenvalue weighted by Gasteiger charge is 2.38. The highest BCUT2D eigenvalue weighted by Crippen LogP contribution is 2.40. The molecule has 1 unspecified atom stereocenters.